The lowest BCUT2D eigenvalue weighted by atomic mass is 10.00. The van der Waals surface area contributed by atoms with E-state index >= 15 is 0 Å². The summed E-state index contributed by atoms with van der Waals surface area (Å²) in [5.74, 6) is 2.03. The van der Waals surface area contributed by atoms with Crippen LogP contribution in [-0.4, -0.2) is 36.0 Å². The van der Waals surface area contributed by atoms with Crippen molar-refractivity contribution in [2.45, 2.75) is 26.3 Å². The fraction of sp³-hybridized carbons (Fsp3) is 0.571. The number of pyridine rings is 1. The molecule has 19 heavy (non-hydrogen) atoms. The van der Waals surface area contributed by atoms with E-state index in [0.717, 1.165) is 24.7 Å². The third kappa shape index (κ3) is 3.84. The van der Waals surface area contributed by atoms with E-state index in [2.05, 4.69) is 21.8 Å². The predicted octanol–water partition coefficient (Wildman–Crippen LogP) is 1.64. The molecular formula is C14H22N4O. The van der Waals surface area contributed by atoms with Crippen LogP contribution >= 0.6 is 0 Å². The summed E-state index contributed by atoms with van der Waals surface area (Å²) in [6.45, 7) is 4.78. The van der Waals surface area contributed by atoms with Gasteiger partial charge in [-0.3, -0.25) is 0 Å². The van der Waals surface area contributed by atoms with E-state index in [1.54, 1.807) is 7.11 Å². The minimum atomic E-state index is 0.495. The van der Waals surface area contributed by atoms with Gasteiger partial charge in [0.25, 0.3) is 0 Å². The van der Waals surface area contributed by atoms with Gasteiger partial charge in [-0.1, -0.05) is 13.0 Å². The molecule has 0 atom stereocenters. The minimum absolute atomic E-state index is 0.495. The molecule has 2 rings (SSSR count). The summed E-state index contributed by atoms with van der Waals surface area (Å²) >= 11 is 0. The highest BCUT2D eigenvalue weighted by Crippen LogP contribution is 2.15. The smallest absolute Gasteiger partial charge is 0.213 e. The van der Waals surface area contributed by atoms with Crippen molar-refractivity contribution in [1.29, 1.82) is 0 Å². The predicted molar refractivity (Wildman–Crippen MR) is 76.1 cm³/mol. The van der Waals surface area contributed by atoms with E-state index in [4.69, 9.17) is 10.5 Å². The van der Waals surface area contributed by atoms with Crippen LogP contribution < -0.4 is 10.5 Å². The molecule has 5 heteroatoms. The summed E-state index contributed by atoms with van der Waals surface area (Å²) in [5, 5.41) is 0. The molecular weight excluding hydrogens is 240 g/mol. The second kappa shape index (κ2) is 6.41. The van der Waals surface area contributed by atoms with Gasteiger partial charge in [0, 0.05) is 19.2 Å². The number of hydrogen-bond acceptors (Lipinski definition) is 3. The summed E-state index contributed by atoms with van der Waals surface area (Å²) in [5.41, 5.74) is 6.90. The maximum atomic E-state index is 6.03. The molecule has 5 nitrogen and oxygen atoms in total. The Labute approximate surface area is 114 Å². The summed E-state index contributed by atoms with van der Waals surface area (Å²) in [6.07, 6.45) is 2.38. The van der Waals surface area contributed by atoms with Crippen molar-refractivity contribution >= 4 is 5.96 Å². The van der Waals surface area contributed by atoms with Crippen LogP contribution in [-0.2, 0) is 6.54 Å². The van der Waals surface area contributed by atoms with Gasteiger partial charge in [-0.05, 0) is 24.8 Å². The normalized spacial score (nSPS) is 17.6. The van der Waals surface area contributed by atoms with Gasteiger partial charge in [-0.15, -0.1) is 0 Å². The largest absolute Gasteiger partial charge is 0.481 e. The van der Waals surface area contributed by atoms with Gasteiger partial charge in [0.15, 0.2) is 5.96 Å². The lowest BCUT2D eigenvalue weighted by molar-refractivity contribution is 0.277. The number of ether oxygens (including phenoxy) is 1. The lowest BCUT2D eigenvalue weighted by Gasteiger charge is -2.30. The van der Waals surface area contributed by atoms with Crippen LogP contribution in [0.5, 0.6) is 5.88 Å². The van der Waals surface area contributed by atoms with Gasteiger partial charge in [0.05, 0.1) is 19.3 Å². The van der Waals surface area contributed by atoms with Crippen molar-refractivity contribution in [2.75, 3.05) is 20.2 Å². The zero-order valence-electron chi connectivity index (χ0n) is 11.7. The fourth-order valence-electron chi connectivity index (χ4n) is 2.16. The van der Waals surface area contributed by atoms with Crippen LogP contribution in [0.3, 0.4) is 0 Å². The zero-order chi connectivity index (χ0) is 13.7. The number of methoxy groups -OCH3 is 1. The molecule has 0 amide bonds. The van der Waals surface area contributed by atoms with Crippen molar-refractivity contribution in [2.24, 2.45) is 16.6 Å². The molecule has 0 bridgehead atoms. The van der Waals surface area contributed by atoms with Crippen molar-refractivity contribution in [3.63, 3.8) is 0 Å². The van der Waals surface area contributed by atoms with E-state index in [1.807, 2.05) is 18.2 Å². The number of guanidine groups is 1. The lowest BCUT2D eigenvalue weighted by Crippen LogP contribution is -2.42. The molecule has 1 aromatic rings. The number of rotatable bonds is 3. The first kappa shape index (κ1) is 13.6. The zero-order valence-corrected chi connectivity index (χ0v) is 11.7. The summed E-state index contributed by atoms with van der Waals surface area (Å²) in [7, 11) is 1.61. The first-order chi connectivity index (χ1) is 9.19. The molecule has 2 N–H and O–H groups in total. The molecule has 0 aromatic carbocycles. The molecule has 1 aromatic heterocycles. The number of hydrogen-bond donors (Lipinski definition) is 1. The van der Waals surface area contributed by atoms with Gasteiger partial charge in [0.1, 0.15) is 0 Å². The molecule has 0 aliphatic carbocycles. The average Bonchev–Trinajstić information content (AvgIpc) is 2.46. The molecule has 2 heterocycles. The number of aromatic nitrogens is 1. The molecule has 1 fully saturated rings. The van der Waals surface area contributed by atoms with Gasteiger partial charge >= 0.3 is 0 Å². The van der Waals surface area contributed by atoms with Gasteiger partial charge in [0.2, 0.25) is 5.88 Å². The minimum Gasteiger partial charge on any atom is -0.481 e. The molecule has 1 aliphatic heterocycles. The van der Waals surface area contributed by atoms with Gasteiger partial charge in [-0.25, -0.2) is 9.98 Å². The summed E-state index contributed by atoms with van der Waals surface area (Å²) in [4.78, 5) is 10.9. The number of likely N-dealkylation sites (tertiary alicyclic amines) is 1. The maximum Gasteiger partial charge on any atom is 0.213 e. The van der Waals surface area contributed by atoms with E-state index in [0.29, 0.717) is 18.4 Å². The molecule has 104 valence electrons. The standard InChI is InChI=1S/C14H22N4O/c1-11-6-8-18(9-7-11)14(15)16-10-12-4-3-5-13(17-12)19-2/h3-5,11H,6-10H2,1-2H3,(H2,15,16). The third-order valence-electron chi connectivity index (χ3n) is 3.50. The maximum absolute atomic E-state index is 6.03. The number of nitrogens with zero attached hydrogens (tertiary/aromatic N) is 3. The highest BCUT2D eigenvalue weighted by atomic mass is 16.5. The van der Waals surface area contributed by atoms with Gasteiger partial charge in [-0.2, -0.15) is 0 Å². The third-order valence-corrected chi connectivity index (χ3v) is 3.50. The SMILES string of the molecule is COc1cccc(CN=C(N)N2CCC(C)CC2)n1. The van der Waals surface area contributed by atoms with Gasteiger partial charge < -0.3 is 15.4 Å². The monoisotopic (exact) mass is 262 g/mol. The van der Waals surface area contributed by atoms with E-state index in [9.17, 15) is 0 Å². The first-order valence-electron chi connectivity index (χ1n) is 6.74. The van der Waals surface area contributed by atoms with Crippen molar-refractivity contribution in [1.82, 2.24) is 9.88 Å². The highest BCUT2D eigenvalue weighted by molar-refractivity contribution is 5.78. The van der Waals surface area contributed by atoms with Crippen LogP contribution in [0, 0.1) is 5.92 Å². The molecule has 0 saturated carbocycles. The molecule has 0 spiro atoms. The fourth-order valence-corrected chi connectivity index (χ4v) is 2.16. The number of aliphatic imine (C=N–C) groups is 1. The van der Waals surface area contributed by atoms with Crippen LogP contribution in [0.25, 0.3) is 0 Å². The molecule has 1 saturated heterocycles. The summed E-state index contributed by atoms with van der Waals surface area (Å²) in [6, 6.07) is 5.66. The molecule has 1 aliphatic rings. The van der Waals surface area contributed by atoms with E-state index < -0.39 is 0 Å². The Balaban J connectivity index is 1.93. The van der Waals surface area contributed by atoms with E-state index in [1.165, 1.54) is 12.8 Å². The highest BCUT2D eigenvalue weighted by Gasteiger charge is 2.16. The van der Waals surface area contributed by atoms with Crippen LogP contribution in [0.15, 0.2) is 23.2 Å². The van der Waals surface area contributed by atoms with Crippen molar-refractivity contribution < 1.29 is 4.74 Å². The number of nitrogens with two attached hydrogens (primary N) is 1. The first-order valence-corrected chi connectivity index (χ1v) is 6.74. The second-order valence-corrected chi connectivity index (χ2v) is 5.02. The Kier molecular flexibility index (Phi) is 4.60. The topological polar surface area (TPSA) is 63.7 Å². The van der Waals surface area contributed by atoms with Crippen LogP contribution in [0.1, 0.15) is 25.5 Å². The Hall–Kier alpha value is -1.78. The Morgan fingerprint density at radius 2 is 2.21 bits per heavy atom. The molecule has 0 unspecified atom stereocenters. The van der Waals surface area contributed by atoms with Crippen molar-refractivity contribution in [3.8, 4) is 5.88 Å². The number of piperidine rings is 1. The quantitative estimate of drug-likeness (QED) is 0.664. The Morgan fingerprint density at radius 3 is 2.89 bits per heavy atom. The molecule has 0 radical (unpaired) electrons. The second-order valence-electron chi connectivity index (χ2n) is 5.02. The average molecular weight is 262 g/mol. The Morgan fingerprint density at radius 1 is 1.47 bits per heavy atom. The Bertz CT molecular complexity index is 439. The van der Waals surface area contributed by atoms with Crippen LogP contribution in [0.4, 0.5) is 0 Å². The van der Waals surface area contributed by atoms with E-state index in [-0.39, 0.29) is 0 Å². The van der Waals surface area contributed by atoms with Crippen LogP contribution in [0.2, 0.25) is 0 Å². The summed E-state index contributed by atoms with van der Waals surface area (Å²) < 4.78 is 5.09. The van der Waals surface area contributed by atoms with Crippen molar-refractivity contribution in [3.05, 3.63) is 23.9 Å².